The lowest BCUT2D eigenvalue weighted by atomic mass is 9.94. The second-order valence-corrected chi connectivity index (χ2v) is 10.4. The number of amides is 2. The number of aryl methyl sites for hydroxylation is 1. The number of anilines is 1. The molecule has 0 saturated heterocycles. The molecule has 0 spiro atoms. The van der Waals surface area contributed by atoms with Crippen molar-refractivity contribution in [3.05, 3.63) is 71.7 Å². The quantitative estimate of drug-likeness (QED) is 0.329. The second kappa shape index (κ2) is 12.0. The summed E-state index contributed by atoms with van der Waals surface area (Å²) in [7, 11) is 0. The Balaban J connectivity index is 1.38. The Morgan fingerprint density at radius 2 is 1.79 bits per heavy atom. The molecule has 2 aromatic heterocycles. The number of nitrogens with zero attached hydrogens (tertiary/aromatic N) is 5. The lowest BCUT2D eigenvalue weighted by Gasteiger charge is -2.34. The van der Waals surface area contributed by atoms with Gasteiger partial charge in [0.2, 0.25) is 11.7 Å². The van der Waals surface area contributed by atoms with E-state index in [9.17, 15) is 14.0 Å². The summed E-state index contributed by atoms with van der Waals surface area (Å²) in [5, 5.41) is 15.5. The zero-order valence-electron chi connectivity index (χ0n) is 23.2. The van der Waals surface area contributed by atoms with Crippen molar-refractivity contribution in [2.75, 3.05) is 18.1 Å². The molecule has 12 heteroatoms. The molecule has 0 unspecified atom stereocenters. The maximum absolute atomic E-state index is 14.2. The zero-order chi connectivity index (χ0) is 29.1. The number of aromatic nitrogens is 4. The van der Waals surface area contributed by atoms with Gasteiger partial charge >= 0.3 is 0 Å². The molecule has 4 aromatic rings. The molecule has 6 rings (SSSR count). The smallest absolute Gasteiger partial charge is 0.251 e. The molecule has 11 nitrogen and oxygen atoms in total. The Labute approximate surface area is 241 Å². The Kier molecular flexibility index (Phi) is 7.85. The lowest BCUT2D eigenvalue weighted by molar-refractivity contribution is -0.127. The van der Waals surface area contributed by atoms with Crippen LogP contribution >= 0.6 is 0 Å². The van der Waals surface area contributed by atoms with E-state index in [1.807, 2.05) is 0 Å². The molecular formula is C30H31FN6O5. The third-order valence-corrected chi connectivity index (χ3v) is 7.41. The molecule has 1 aliphatic carbocycles. The zero-order valence-corrected chi connectivity index (χ0v) is 23.2. The highest BCUT2D eigenvalue weighted by molar-refractivity contribution is 6.01. The third kappa shape index (κ3) is 5.97. The van der Waals surface area contributed by atoms with Crippen molar-refractivity contribution in [3.63, 3.8) is 0 Å². The molecule has 1 atom stereocenters. The summed E-state index contributed by atoms with van der Waals surface area (Å²) in [6, 6.07) is 13.0. The van der Waals surface area contributed by atoms with Crippen LogP contribution in [-0.4, -0.2) is 51.3 Å². The minimum atomic E-state index is -1.11. The minimum absolute atomic E-state index is 0.0114. The second-order valence-electron chi connectivity index (χ2n) is 10.4. The minimum Gasteiger partial charge on any atom is -0.486 e. The average molecular weight is 575 g/mol. The van der Waals surface area contributed by atoms with Gasteiger partial charge in [-0.3, -0.25) is 14.5 Å². The number of fused-ring (bicyclic) bond motifs is 1. The third-order valence-electron chi connectivity index (χ3n) is 7.41. The fourth-order valence-electron chi connectivity index (χ4n) is 5.37. The summed E-state index contributed by atoms with van der Waals surface area (Å²) < 4.78 is 31.0. The van der Waals surface area contributed by atoms with Crippen LogP contribution in [0.1, 0.15) is 49.5 Å². The topological polar surface area (TPSA) is 125 Å². The van der Waals surface area contributed by atoms with Crippen molar-refractivity contribution >= 4 is 17.5 Å². The number of ether oxygens (including phenoxy) is 2. The van der Waals surface area contributed by atoms with Crippen molar-refractivity contribution in [1.82, 2.24) is 25.5 Å². The van der Waals surface area contributed by atoms with Gasteiger partial charge in [0.15, 0.2) is 17.3 Å². The van der Waals surface area contributed by atoms with Crippen LogP contribution in [0.25, 0.3) is 11.6 Å². The van der Waals surface area contributed by atoms with E-state index in [0.717, 1.165) is 36.9 Å². The molecule has 3 heterocycles. The maximum atomic E-state index is 14.2. The summed E-state index contributed by atoms with van der Waals surface area (Å²) in [5.74, 6) is 1.03. The van der Waals surface area contributed by atoms with Crippen LogP contribution in [0.15, 0.2) is 59.0 Å². The number of hydrogen-bond acceptors (Lipinski definition) is 8. The predicted octanol–water partition coefficient (Wildman–Crippen LogP) is 4.38. The van der Waals surface area contributed by atoms with Gasteiger partial charge < -0.3 is 19.2 Å². The summed E-state index contributed by atoms with van der Waals surface area (Å²) in [6.07, 6.45) is 4.88. The highest BCUT2D eigenvalue weighted by atomic mass is 19.1. The van der Waals surface area contributed by atoms with E-state index < -0.39 is 17.8 Å². The van der Waals surface area contributed by atoms with Crippen LogP contribution < -0.4 is 19.7 Å². The first-order chi connectivity index (χ1) is 20.4. The Morgan fingerprint density at radius 3 is 2.52 bits per heavy atom. The van der Waals surface area contributed by atoms with Crippen LogP contribution in [0.3, 0.4) is 0 Å². The fourth-order valence-corrected chi connectivity index (χ4v) is 5.37. The van der Waals surface area contributed by atoms with Crippen molar-refractivity contribution in [2.45, 2.75) is 57.7 Å². The summed E-state index contributed by atoms with van der Waals surface area (Å²) in [4.78, 5) is 30.7. The van der Waals surface area contributed by atoms with Gasteiger partial charge in [0.05, 0.1) is 0 Å². The summed E-state index contributed by atoms with van der Waals surface area (Å²) in [6.45, 7) is 2.24. The monoisotopic (exact) mass is 574 g/mol. The Morgan fingerprint density at radius 1 is 1.02 bits per heavy atom. The number of rotatable bonds is 8. The van der Waals surface area contributed by atoms with E-state index in [2.05, 4.69) is 20.7 Å². The van der Waals surface area contributed by atoms with E-state index in [0.29, 0.717) is 47.5 Å². The van der Waals surface area contributed by atoms with Crippen LogP contribution in [0, 0.1) is 12.7 Å². The van der Waals surface area contributed by atoms with Gasteiger partial charge in [-0.25, -0.2) is 4.39 Å². The van der Waals surface area contributed by atoms with Crippen LogP contribution in [0.2, 0.25) is 0 Å². The molecule has 1 fully saturated rings. The van der Waals surface area contributed by atoms with Crippen molar-refractivity contribution in [3.8, 4) is 23.1 Å². The highest BCUT2D eigenvalue weighted by Crippen LogP contribution is 2.37. The molecule has 1 saturated carbocycles. The molecule has 2 amide bonds. The van der Waals surface area contributed by atoms with E-state index in [1.165, 1.54) is 29.2 Å². The SMILES string of the molecule is Cc1ccc(-c2nnn(CC(=O)N(c3ccc4c(c3)OCCO4)[C@@H](C(=O)NC3CCCCC3)c3ccc(F)cc3)n2)o1. The number of nitrogens with one attached hydrogen (secondary N) is 1. The molecular weight excluding hydrogens is 543 g/mol. The first-order valence-electron chi connectivity index (χ1n) is 14.1. The molecule has 1 aliphatic heterocycles. The van der Waals surface area contributed by atoms with Crippen molar-refractivity contribution in [2.24, 2.45) is 0 Å². The first kappa shape index (κ1) is 27.4. The molecule has 218 valence electrons. The van der Waals surface area contributed by atoms with Crippen molar-refractivity contribution < 1.29 is 27.9 Å². The number of carbonyl (C=O) groups is 2. The highest BCUT2D eigenvalue weighted by Gasteiger charge is 2.35. The van der Waals surface area contributed by atoms with E-state index in [-0.39, 0.29) is 24.3 Å². The molecule has 1 N–H and O–H groups in total. The molecule has 2 aliphatic rings. The standard InChI is InChI=1S/C30H31FN6O5/c1-19-7-13-25(42-19)29-33-35-36(34-29)18-27(38)37(23-12-14-24-26(17-23)41-16-15-40-24)28(20-8-10-21(31)11-9-20)30(39)32-22-5-3-2-4-6-22/h7-14,17,22,28H,2-6,15-16,18H2,1H3,(H,32,39)/t28-/m1/s1. The number of furan rings is 1. The number of carbonyl (C=O) groups excluding carboxylic acids is 2. The largest absolute Gasteiger partial charge is 0.486 e. The van der Waals surface area contributed by atoms with Gasteiger partial charge in [-0.2, -0.15) is 4.80 Å². The normalized spacial score (nSPS) is 15.7. The molecule has 2 aromatic carbocycles. The number of benzene rings is 2. The number of halogens is 1. The molecule has 0 bridgehead atoms. The van der Waals surface area contributed by atoms with Gasteiger partial charge in [-0.1, -0.05) is 31.4 Å². The molecule has 0 radical (unpaired) electrons. The van der Waals surface area contributed by atoms with E-state index in [4.69, 9.17) is 13.9 Å². The van der Waals surface area contributed by atoms with Crippen LogP contribution in [-0.2, 0) is 16.1 Å². The van der Waals surface area contributed by atoms with E-state index >= 15 is 0 Å². The Bertz CT molecular complexity index is 1560. The van der Waals surface area contributed by atoms with Crippen LogP contribution in [0.5, 0.6) is 11.5 Å². The van der Waals surface area contributed by atoms with Gasteiger partial charge in [-0.15, -0.1) is 10.2 Å². The predicted molar refractivity (Wildman–Crippen MR) is 149 cm³/mol. The summed E-state index contributed by atoms with van der Waals surface area (Å²) in [5.41, 5.74) is 0.852. The van der Waals surface area contributed by atoms with Crippen molar-refractivity contribution in [1.29, 1.82) is 0 Å². The van der Waals surface area contributed by atoms with Gasteiger partial charge in [0, 0.05) is 17.8 Å². The number of hydrogen-bond donors (Lipinski definition) is 1. The molecule has 42 heavy (non-hydrogen) atoms. The van der Waals surface area contributed by atoms with Gasteiger partial charge in [0.1, 0.15) is 37.4 Å². The number of tetrazole rings is 1. The summed E-state index contributed by atoms with van der Waals surface area (Å²) >= 11 is 0. The maximum Gasteiger partial charge on any atom is 0.251 e. The van der Waals surface area contributed by atoms with Gasteiger partial charge in [0.25, 0.3) is 5.91 Å². The first-order valence-corrected chi connectivity index (χ1v) is 14.1. The lowest BCUT2D eigenvalue weighted by Crippen LogP contribution is -2.48. The van der Waals surface area contributed by atoms with E-state index in [1.54, 1.807) is 37.3 Å². The fraction of sp³-hybridized carbons (Fsp3) is 0.367. The van der Waals surface area contributed by atoms with Gasteiger partial charge in [-0.05, 0) is 66.9 Å². The average Bonchev–Trinajstić information content (AvgIpc) is 3.65. The Hall–Kier alpha value is -4.74. The van der Waals surface area contributed by atoms with Crippen LogP contribution in [0.4, 0.5) is 10.1 Å².